The smallest absolute Gasteiger partial charge is 0.103 e. The minimum Gasteiger partial charge on any atom is -0.469 e. The topological polar surface area (TPSA) is 49.5 Å². The van der Waals surface area contributed by atoms with Gasteiger partial charge >= 0.3 is 0 Å². The molecule has 22 heavy (non-hydrogen) atoms. The van der Waals surface area contributed by atoms with E-state index in [9.17, 15) is 5.11 Å². The molecule has 1 aliphatic heterocycles. The van der Waals surface area contributed by atoms with Crippen molar-refractivity contribution in [3.63, 3.8) is 0 Å². The van der Waals surface area contributed by atoms with Crippen molar-refractivity contribution in [2.24, 2.45) is 5.92 Å². The molecule has 0 amide bonds. The molecule has 3 heterocycles. The molecule has 1 fully saturated rings. The summed E-state index contributed by atoms with van der Waals surface area (Å²) in [7, 11) is 0. The van der Waals surface area contributed by atoms with Gasteiger partial charge in [0.1, 0.15) is 5.76 Å². The largest absolute Gasteiger partial charge is 0.469 e. The fourth-order valence-electron chi connectivity index (χ4n) is 3.22. The monoisotopic (exact) mass is 300 g/mol. The van der Waals surface area contributed by atoms with E-state index in [-0.39, 0.29) is 0 Å². The third kappa shape index (κ3) is 3.96. The number of pyridine rings is 1. The van der Waals surface area contributed by atoms with Gasteiger partial charge in [-0.25, -0.2) is 0 Å². The van der Waals surface area contributed by atoms with Crippen molar-refractivity contribution in [3.05, 3.63) is 54.2 Å². The van der Waals surface area contributed by atoms with E-state index in [1.54, 1.807) is 12.5 Å². The molecule has 1 N–H and O–H groups in total. The van der Waals surface area contributed by atoms with E-state index in [4.69, 9.17) is 4.42 Å². The molecule has 1 saturated heterocycles. The predicted molar refractivity (Wildman–Crippen MR) is 85.4 cm³/mol. The van der Waals surface area contributed by atoms with Crippen molar-refractivity contribution < 1.29 is 9.52 Å². The van der Waals surface area contributed by atoms with Gasteiger partial charge in [-0.1, -0.05) is 6.07 Å². The fourth-order valence-corrected chi connectivity index (χ4v) is 3.22. The van der Waals surface area contributed by atoms with Gasteiger partial charge in [0.05, 0.1) is 18.1 Å². The zero-order chi connectivity index (χ0) is 15.2. The predicted octanol–water partition coefficient (Wildman–Crippen LogP) is 3.05. The first-order chi connectivity index (χ1) is 10.8. The number of aliphatic hydroxyl groups is 1. The molecule has 4 nitrogen and oxygen atoms in total. The highest BCUT2D eigenvalue weighted by Crippen LogP contribution is 2.29. The van der Waals surface area contributed by atoms with Gasteiger partial charge in [0.25, 0.3) is 0 Å². The van der Waals surface area contributed by atoms with Gasteiger partial charge in [-0.3, -0.25) is 4.98 Å². The van der Waals surface area contributed by atoms with Crippen LogP contribution in [0.5, 0.6) is 0 Å². The molecule has 1 aliphatic rings. The molecule has 0 radical (unpaired) electrons. The molecule has 0 aromatic carbocycles. The lowest BCUT2D eigenvalue weighted by molar-refractivity contribution is 0.0557. The van der Waals surface area contributed by atoms with E-state index in [1.807, 2.05) is 30.3 Å². The fraction of sp³-hybridized carbons (Fsp3) is 0.500. The number of aliphatic hydroxyl groups excluding tert-OH is 1. The Kier molecular flexibility index (Phi) is 5.24. The maximum absolute atomic E-state index is 10.4. The molecule has 2 aromatic rings. The molecule has 118 valence electrons. The van der Waals surface area contributed by atoms with Crippen LogP contribution in [-0.4, -0.2) is 34.6 Å². The molecule has 1 atom stereocenters. The van der Waals surface area contributed by atoms with Crippen LogP contribution < -0.4 is 0 Å². The Labute approximate surface area is 131 Å². The summed E-state index contributed by atoms with van der Waals surface area (Å²) in [5.74, 6) is 1.40. The lowest BCUT2D eigenvalue weighted by Crippen LogP contribution is -2.36. The molecule has 4 heteroatoms. The Bertz CT molecular complexity index is 533. The third-order valence-corrected chi connectivity index (χ3v) is 4.55. The summed E-state index contributed by atoms with van der Waals surface area (Å²) in [4.78, 5) is 6.77. The summed E-state index contributed by atoms with van der Waals surface area (Å²) in [6, 6.07) is 9.73. The Morgan fingerprint density at radius 2 is 2.09 bits per heavy atom. The SMILES string of the molecule is O[C@@H](c1ccccn1)C1CCN(CCCc2ccco2)CC1. The van der Waals surface area contributed by atoms with Crippen LogP contribution >= 0.6 is 0 Å². The van der Waals surface area contributed by atoms with Gasteiger partial charge in [0, 0.05) is 12.6 Å². The minimum atomic E-state index is -0.425. The quantitative estimate of drug-likeness (QED) is 0.891. The first kappa shape index (κ1) is 15.3. The van der Waals surface area contributed by atoms with Crippen LogP contribution in [0, 0.1) is 5.92 Å². The minimum absolute atomic E-state index is 0.330. The van der Waals surface area contributed by atoms with Gasteiger partial charge in [0.2, 0.25) is 0 Å². The molecular formula is C18H24N2O2. The lowest BCUT2D eigenvalue weighted by Gasteiger charge is -2.34. The normalized spacial score (nSPS) is 18.4. The van der Waals surface area contributed by atoms with Crippen molar-refractivity contribution in [2.75, 3.05) is 19.6 Å². The third-order valence-electron chi connectivity index (χ3n) is 4.55. The summed E-state index contributed by atoms with van der Waals surface area (Å²) in [5, 5.41) is 10.4. The molecular weight excluding hydrogens is 276 g/mol. The second-order valence-corrected chi connectivity index (χ2v) is 6.06. The van der Waals surface area contributed by atoms with Crippen LogP contribution in [0.1, 0.15) is 36.8 Å². The van der Waals surface area contributed by atoms with Gasteiger partial charge in [0.15, 0.2) is 0 Å². The van der Waals surface area contributed by atoms with E-state index >= 15 is 0 Å². The van der Waals surface area contributed by atoms with Crippen LogP contribution in [0.2, 0.25) is 0 Å². The second kappa shape index (κ2) is 7.56. The maximum Gasteiger partial charge on any atom is 0.103 e. The summed E-state index contributed by atoms with van der Waals surface area (Å²) in [6.07, 6.45) is 7.27. The van der Waals surface area contributed by atoms with Crippen LogP contribution in [0.3, 0.4) is 0 Å². The van der Waals surface area contributed by atoms with Crippen molar-refractivity contribution in [2.45, 2.75) is 31.8 Å². The Morgan fingerprint density at radius 3 is 2.77 bits per heavy atom. The number of piperidine rings is 1. The number of likely N-dealkylation sites (tertiary alicyclic amines) is 1. The molecule has 2 aromatic heterocycles. The van der Waals surface area contributed by atoms with E-state index in [0.29, 0.717) is 5.92 Å². The van der Waals surface area contributed by atoms with Crippen molar-refractivity contribution in [1.82, 2.24) is 9.88 Å². The lowest BCUT2D eigenvalue weighted by atomic mass is 9.89. The number of furan rings is 1. The van der Waals surface area contributed by atoms with Crippen LogP contribution in [0.15, 0.2) is 47.2 Å². The number of hydrogen-bond acceptors (Lipinski definition) is 4. The number of hydrogen-bond donors (Lipinski definition) is 1. The Morgan fingerprint density at radius 1 is 1.23 bits per heavy atom. The standard InChI is InChI=1S/C18H24N2O2/c21-18(17-7-1-2-10-19-17)15-8-12-20(13-9-15)11-3-5-16-6-4-14-22-16/h1-2,4,6-7,10,14-15,18,21H,3,5,8-9,11-13H2/t18-/m1/s1. The first-order valence-corrected chi connectivity index (χ1v) is 8.16. The van der Waals surface area contributed by atoms with Crippen molar-refractivity contribution >= 4 is 0 Å². The summed E-state index contributed by atoms with van der Waals surface area (Å²) in [5.41, 5.74) is 0.804. The van der Waals surface area contributed by atoms with E-state index in [1.165, 1.54) is 0 Å². The Balaban J connectivity index is 1.40. The number of aryl methyl sites for hydroxylation is 1. The molecule has 0 unspecified atom stereocenters. The Hall–Kier alpha value is -1.65. The van der Waals surface area contributed by atoms with Gasteiger partial charge < -0.3 is 14.4 Å². The molecule has 3 rings (SSSR count). The van der Waals surface area contributed by atoms with Crippen molar-refractivity contribution in [1.29, 1.82) is 0 Å². The zero-order valence-electron chi connectivity index (χ0n) is 12.9. The van der Waals surface area contributed by atoms with Crippen molar-refractivity contribution in [3.8, 4) is 0 Å². The van der Waals surface area contributed by atoms with E-state index in [0.717, 1.165) is 56.8 Å². The maximum atomic E-state index is 10.4. The van der Waals surface area contributed by atoms with Crippen LogP contribution in [0.25, 0.3) is 0 Å². The zero-order valence-corrected chi connectivity index (χ0v) is 12.9. The van der Waals surface area contributed by atoms with Crippen LogP contribution in [0.4, 0.5) is 0 Å². The highest BCUT2D eigenvalue weighted by atomic mass is 16.3. The van der Waals surface area contributed by atoms with Gasteiger partial charge in [-0.2, -0.15) is 0 Å². The van der Waals surface area contributed by atoms with Crippen LogP contribution in [-0.2, 0) is 6.42 Å². The highest BCUT2D eigenvalue weighted by molar-refractivity contribution is 5.08. The average molecular weight is 300 g/mol. The van der Waals surface area contributed by atoms with E-state index < -0.39 is 6.10 Å². The molecule has 0 bridgehead atoms. The number of nitrogens with zero attached hydrogens (tertiary/aromatic N) is 2. The number of aromatic nitrogens is 1. The second-order valence-electron chi connectivity index (χ2n) is 6.06. The summed E-state index contributed by atoms with van der Waals surface area (Å²) >= 11 is 0. The molecule has 0 spiro atoms. The first-order valence-electron chi connectivity index (χ1n) is 8.16. The number of rotatable bonds is 6. The molecule has 0 saturated carbocycles. The van der Waals surface area contributed by atoms with Gasteiger partial charge in [-0.15, -0.1) is 0 Å². The average Bonchev–Trinajstić information content (AvgIpc) is 3.09. The molecule has 0 aliphatic carbocycles. The van der Waals surface area contributed by atoms with E-state index in [2.05, 4.69) is 9.88 Å². The highest BCUT2D eigenvalue weighted by Gasteiger charge is 2.26. The summed E-state index contributed by atoms with van der Waals surface area (Å²) < 4.78 is 5.36. The van der Waals surface area contributed by atoms with Gasteiger partial charge in [-0.05, 0) is 69.1 Å². The summed E-state index contributed by atoms with van der Waals surface area (Å²) in [6.45, 7) is 3.23.